The maximum Gasteiger partial charge on any atom is 0.243 e. The highest BCUT2D eigenvalue weighted by Crippen LogP contribution is 2.20. The van der Waals surface area contributed by atoms with Gasteiger partial charge in [0, 0.05) is 12.0 Å². The van der Waals surface area contributed by atoms with Crippen LogP contribution in [0, 0.1) is 5.92 Å². The van der Waals surface area contributed by atoms with E-state index in [4.69, 9.17) is 4.74 Å². The summed E-state index contributed by atoms with van der Waals surface area (Å²) in [5, 5.41) is 6.19. The van der Waals surface area contributed by atoms with Crippen LogP contribution in [0.1, 0.15) is 56.0 Å². The molecule has 3 rings (SSSR count). The van der Waals surface area contributed by atoms with Crippen LogP contribution in [-0.2, 0) is 16.0 Å². The average molecular weight is 646 g/mol. The Morgan fingerprint density at radius 3 is 2.49 bits per heavy atom. The molecule has 0 saturated carbocycles. The summed E-state index contributed by atoms with van der Waals surface area (Å²) < 4.78 is 6.35. The second kappa shape index (κ2) is 15.2. The van der Waals surface area contributed by atoms with Crippen molar-refractivity contribution in [1.82, 2.24) is 15.5 Å². The van der Waals surface area contributed by atoms with Crippen LogP contribution in [0.5, 0.6) is 5.75 Å². The fourth-order valence-corrected chi connectivity index (χ4v) is 5.18. The number of ketones is 1. The molecule has 0 bridgehead atoms. The van der Waals surface area contributed by atoms with E-state index < -0.39 is 12.1 Å². The number of allylic oxidation sites excluding steroid dienone is 1. The standard InChI is InChI=1S/C31H40IN3O4/c1-21(2)26(17-22(3)32)33-30(37)27(18-23-11-6-5-7-12-23)34-31(38)28-15-8-9-16-35(28)20-29(36)24-13-10-14-25(19-24)39-4/h5-7,10-14,17,19,21,26-28H,8-9,15-16,18,20H2,1-4H3,(H,33,37)(H,34,38)/b22-17+/t26-,27+,28+/m1/s1. The van der Waals surface area contributed by atoms with Gasteiger partial charge in [0.25, 0.3) is 0 Å². The predicted molar refractivity (Wildman–Crippen MR) is 163 cm³/mol. The number of benzene rings is 2. The van der Waals surface area contributed by atoms with Gasteiger partial charge >= 0.3 is 0 Å². The molecule has 7 nitrogen and oxygen atoms in total. The minimum absolute atomic E-state index is 0.0621. The van der Waals surface area contributed by atoms with Crippen molar-refractivity contribution in [2.75, 3.05) is 20.2 Å². The Morgan fingerprint density at radius 2 is 1.82 bits per heavy atom. The number of halogens is 1. The number of likely N-dealkylation sites (tertiary alicyclic amines) is 1. The lowest BCUT2D eigenvalue weighted by atomic mass is 9.98. The summed E-state index contributed by atoms with van der Waals surface area (Å²) in [6.07, 6.45) is 4.87. The van der Waals surface area contributed by atoms with Crippen LogP contribution in [0.4, 0.5) is 0 Å². The van der Waals surface area contributed by atoms with Gasteiger partial charge < -0.3 is 15.4 Å². The van der Waals surface area contributed by atoms with Crippen molar-refractivity contribution < 1.29 is 19.1 Å². The lowest BCUT2D eigenvalue weighted by Crippen LogP contribution is -2.57. The minimum Gasteiger partial charge on any atom is -0.497 e. The molecule has 1 saturated heterocycles. The largest absolute Gasteiger partial charge is 0.497 e. The molecule has 2 aromatic rings. The number of hydrogen-bond donors (Lipinski definition) is 2. The van der Waals surface area contributed by atoms with Crippen molar-refractivity contribution in [1.29, 1.82) is 0 Å². The molecule has 210 valence electrons. The number of carbonyl (C=O) groups is 3. The first-order chi connectivity index (χ1) is 18.7. The number of amides is 2. The Hall–Kier alpha value is -2.72. The molecule has 39 heavy (non-hydrogen) atoms. The van der Waals surface area contributed by atoms with E-state index >= 15 is 0 Å². The molecule has 2 aromatic carbocycles. The Balaban J connectivity index is 1.77. The number of nitrogens with one attached hydrogen (secondary N) is 2. The van der Waals surface area contributed by atoms with Gasteiger partial charge in [-0.25, -0.2) is 0 Å². The van der Waals surface area contributed by atoms with Gasteiger partial charge in [-0.15, -0.1) is 0 Å². The number of Topliss-reactive ketones (excluding diaryl/α,β-unsaturated/α-hetero) is 1. The number of hydrogen-bond acceptors (Lipinski definition) is 5. The zero-order valence-electron chi connectivity index (χ0n) is 23.3. The van der Waals surface area contributed by atoms with Crippen LogP contribution < -0.4 is 15.4 Å². The molecule has 0 unspecified atom stereocenters. The first-order valence-corrected chi connectivity index (χ1v) is 14.7. The number of piperidine rings is 1. The molecular weight excluding hydrogens is 605 g/mol. The van der Waals surface area contributed by atoms with Crippen molar-refractivity contribution in [2.45, 2.75) is 64.6 Å². The summed E-state index contributed by atoms with van der Waals surface area (Å²) in [6.45, 7) is 6.90. The quantitative estimate of drug-likeness (QED) is 0.253. The summed E-state index contributed by atoms with van der Waals surface area (Å²) in [6, 6.07) is 15.4. The molecule has 3 atom stereocenters. The van der Waals surface area contributed by atoms with E-state index in [2.05, 4.69) is 47.1 Å². The Labute approximate surface area is 245 Å². The summed E-state index contributed by atoms with van der Waals surface area (Å²) in [5.41, 5.74) is 1.52. The van der Waals surface area contributed by atoms with E-state index in [1.54, 1.807) is 31.4 Å². The third kappa shape index (κ3) is 9.46. The Bertz CT molecular complexity index is 1150. The van der Waals surface area contributed by atoms with E-state index in [1.165, 1.54) is 0 Å². The van der Waals surface area contributed by atoms with Gasteiger partial charge in [0.15, 0.2) is 5.78 Å². The van der Waals surface area contributed by atoms with Crippen molar-refractivity contribution >= 4 is 40.2 Å². The number of ether oxygens (including phenoxy) is 1. The monoisotopic (exact) mass is 645 g/mol. The summed E-state index contributed by atoms with van der Waals surface area (Å²) in [7, 11) is 1.57. The molecule has 2 N–H and O–H groups in total. The van der Waals surface area contributed by atoms with Crippen LogP contribution in [0.15, 0.2) is 64.3 Å². The third-order valence-corrected chi connectivity index (χ3v) is 7.37. The first-order valence-electron chi connectivity index (χ1n) is 13.6. The Kier molecular flexibility index (Phi) is 12.0. The van der Waals surface area contributed by atoms with E-state index in [1.807, 2.05) is 48.2 Å². The van der Waals surface area contributed by atoms with Crippen molar-refractivity contribution in [3.05, 3.63) is 75.4 Å². The molecule has 0 aliphatic carbocycles. The summed E-state index contributed by atoms with van der Waals surface area (Å²) in [5.74, 6) is 0.326. The van der Waals surface area contributed by atoms with E-state index in [-0.39, 0.29) is 36.1 Å². The second-order valence-corrected chi connectivity index (χ2v) is 12.1. The van der Waals surface area contributed by atoms with Crippen molar-refractivity contribution in [2.24, 2.45) is 5.92 Å². The maximum atomic E-state index is 13.7. The fraction of sp³-hybridized carbons (Fsp3) is 0.452. The highest BCUT2D eigenvalue weighted by Gasteiger charge is 2.33. The van der Waals surface area contributed by atoms with Crippen LogP contribution in [0.2, 0.25) is 0 Å². The third-order valence-electron chi connectivity index (χ3n) is 7.01. The van der Waals surface area contributed by atoms with Crippen molar-refractivity contribution in [3.63, 3.8) is 0 Å². The van der Waals surface area contributed by atoms with Gasteiger partial charge in [-0.2, -0.15) is 0 Å². The lowest BCUT2D eigenvalue weighted by molar-refractivity contribution is -0.133. The maximum absolute atomic E-state index is 13.7. The molecule has 1 heterocycles. The lowest BCUT2D eigenvalue weighted by Gasteiger charge is -2.35. The SMILES string of the molecule is COc1cccc(C(=O)CN2CCCC[C@H]2C(=O)N[C@@H](Cc2ccccc2)C(=O)N[C@H](/C=C(\C)I)C(C)C)c1. The number of rotatable bonds is 12. The number of carbonyl (C=O) groups excluding carboxylic acids is 3. The summed E-state index contributed by atoms with van der Waals surface area (Å²) >= 11 is 2.24. The Morgan fingerprint density at radius 1 is 1.08 bits per heavy atom. The summed E-state index contributed by atoms with van der Waals surface area (Å²) in [4.78, 5) is 42.2. The van der Waals surface area contributed by atoms with Gasteiger partial charge in [-0.3, -0.25) is 19.3 Å². The second-order valence-electron chi connectivity index (χ2n) is 10.4. The van der Waals surface area contributed by atoms with Gasteiger partial charge in [0.1, 0.15) is 11.8 Å². The molecule has 2 amide bonds. The van der Waals surface area contributed by atoms with E-state index in [9.17, 15) is 14.4 Å². The number of methoxy groups -OCH3 is 1. The molecular formula is C31H40IN3O4. The van der Waals surface area contributed by atoms with Crippen molar-refractivity contribution in [3.8, 4) is 5.75 Å². The molecule has 1 aliphatic heterocycles. The average Bonchev–Trinajstić information content (AvgIpc) is 2.92. The van der Waals surface area contributed by atoms with Gasteiger partial charge in [0.05, 0.1) is 25.7 Å². The highest BCUT2D eigenvalue weighted by molar-refractivity contribution is 14.1. The molecule has 8 heteroatoms. The van der Waals surface area contributed by atoms with E-state index in [0.717, 1.165) is 22.0 Å². The molecule has 1 fully saturated rings. The van der Waals surface area contributed by atoms with Gasteiger partial charge in [-0.05, 0) is 76.1 Å². The fourth-order valence-electron chi connectivity index (χ4n) is 4.79. The van der Waals surface area contributed by atoms with Gasteiger partial charge in [0.2, 0.25) is 11.8 Å². The topological polar surface area (TPSA) is 87.7 Å². The minimum atomic E-state index is -0.734. The number of nitrogens with zero attached hydrogens (tertiary/aromatic N) is 1. The zero-order chi connectivity index (χ0) is 28.4. The molecule has 1 aliphatic rings. The highest BCUT2D eigenvalue weighted by atomic mass is 127. The molecule has 0 aromatic heterocycles. The molecule has 0 radical (unpaired) electrons. The predicted octanol–water partition coefficient (Wildman–Crippen LogP) is 4.94. The smallest absolute Gasteiger partial charge is 0.243 e. The van der Waals surface area contributed by atoms with Crippen LogP contribution >= 0.6 is 22.6 Å². The normalized spacial score (nSPS) is 17.8. The van der Waals surface area contributed by atoms with E-state index in [0.29, 0.717) is 30.7 Å². The molecule has 0 spiro atoms. The van der Waals surface area contributed by atoms with Crippen LogP contribution in [-0.4, -0.2) is 60.8 Å². The van der Waals surface area contributed by atoms with Crippen LogP contribution in [0.3, 0.4) is 0 Å². The zero-order valence-corrected chi connectivity index (χ0v) is 25.4. The van der Waals surface area contributed by atoms with Gasteiger partial charge in [-0.1, -0.05) is 68.8 Å². The first kappa shape index (κ1) is 30.8. The van der Waals surface area contributed by atoms with Crippen LogP contribution in [0.25, 0.3) is 0 Å².